The SMILES string of the molecule is C=C/C=C\c1cc(/C(C)=C/C2=C(C=C)c3cc4c(cc3C2)C(/C=C2\Cc3ccc(-c5cc6ccccc6s5)cc3C2)=C(C=C)C4)ccc1C. The monoisotopic (exact) mass is 648 g/mol. The zero-order valence-electron chi connectivity index (χ0n) is 28.4. The van der Waals surface area contributed by atoms with Gasteiger partial charge in [0.05, 0.1) is 0 Å². The zero-order chi connectivity index (χ0) is 33.6. The summed E-state index contributed by atoms with van der Waals surface area (Å²) in [6, 6.07) is 29.7. The molecular weight excluding hydrogens is 609 g/mol. The molecule has 1 heterocycles. The quantitative estimate of drug-likeness (QED) is 0.147. The van der Waals surface area contributed by atoms with Crippen LogP contribution in [0.2, 0.25) is 0 Å². The molecule has 0 spiro atoms. The van der Waals surface area contributed by atoms with Crippen molar-refractivity contribution >= 4 is 44.2 Å². The van der Waals surface area contributed by atoms with E-state index in [0.29, 0.717) is 0 Å². The highest BCUT2D eigenvalue weighted by atomic mass is 32.1. The highest BCUT2D eigenvalue weighted by molar-refractivity contribution is 7.22. The van der Waals surface area contributed by atoms with Crippen molar-refractivity contribution in [2.24, 2.45) is 0 Å². The maximum absolute atomic E-state index is 4.25. The lowest BCUT2D eigenvalue weighted by molar-refractivity contribution is 1.17. The Bertz CT molecular complexity index is 2360. The lowest BCUT2D eigenvalue weighted by Gasteiger charge is -2.09. The summed E-state index contributed by atoms with van der Waals surface area (Å²) in [6.07, 6.45) is 18.8. The van der Waals surface area contributed by atoms with Crippen LogP contribution >= 0.6 is 11.3 Å². The molecule has 0 fully saturated rings. The number of hydrogen-bond acceptors (Lipinski definition) is 1. The van der Waals surface area contributed by atoms with Gasteiger partial charge in [0.15, 0.2) is 0 Å². The summed E-state index contributed by atoms with van der Waals surface area (Å²) in [5.74, 6) is 0. The molecule has 0 unspecified atom stereocenters. The van der Waals surface area contributed by atoms with Crippen molar-refractivity contribution in [1.29, 1.82) is 0 Å². The Morgan fingerprint density at radius 2 is 1.49 bits per heavy atom. The van der Waals surface area contributed by atoms with Crippen LogP contribution < -0.4 is 0 Å². The van der Waals surface area contributed by atoms with E-state index in [2.05, 4.69) is 137 Å². The third kappa shape index (κ3) is 5.69. The van der Waals surface area contributed by atoms with Crippen LogP contribution in [0.25, 0.3) is 43.3 Å². The highest BCUT2D eigenvalue weighted by Gasteiger charge is 2.27. The van der Waals surface area contributed by atoms with E-state index in [-0.39, 0.29) is 0 Å². The van der Waals surface area contributed by atoms with E-state index in [9.17, 15) is 0 Å². The van der Waals surface area contributed by atoms with Gasteiger partial charge in [-0.3, -0.25) is 0 Å². The Kier molecular flexibility index (Phi) is 8.02. The maximum Gasteiger partial charge on any atom is 0.0355 e. The van der Waals surface area contributed by atoms with Gasteiger partial charge in [0.2, 0.25) is 0 Å². The maximum atomic E-state index is 4.25. The molecular formula is C48H40S. The smallest absolute Gasteiger partial charge is 0.0355 e. The Morgan fingerprint density at radius 3 is 2.27 bits per heavy atom. The molecule has 49 heavy (non-hydrogen) atoms. The molecule has 8 rings (SSSR count). The molecule has 0 radical (unpaired) electrons. The Labute approximate surface area is 294 Å². The van der Waals surface area contributed by atoms with Gasteiger partial charge >= 0.3 is 0 Å². The number of allylic oxidation sites excluding steroid dienone is 12. The fourth-order valence-corrected chi connectivity index (χ4v) is 8.89. The van der Waals surface area contributed by atoms with Crippen LogP contribution in [0.4, 0.5) is 0 Å². The van der Waals surface area contributed by atoms with Gasteiger partial charge in [0.1, 0.15) is 0 Å². The fraction of sp³-hybridized carbons (Fsp3) is 0.125. The molecule has 4 aromatic carbocycles. The van der Waals surface area contributed by atoms with E-state index in [1.807, 2.05) is 29.6 Å². The van der Waals surface area contributed by atoms with E-state index in [1.54, 1.807) is 0 Å². The summed E-state index contributed by atoms with van der Waals surface area (Å²) in [6.45, 7) is 16.7. The number of aryl methyl sites for hydroxylation is 1. The Balaban J connectivity index is 1.07. The largest absolute Gasteiger partial charge is 0.135 e. The minimum absolute atomic E-state index is 0.912. The van der Waals surface area contributed by atoms with Crippen molar-refractivity contribution in [3.63, 3.8) is 0 Å². The predicted molar refractivity (Wildman–Crippen MR) is 215 cm³/mol. The van der Waals surface area contributed by atoms with E-state index in [1.165, 1.54) is 104 Å². The van der Waals surface area contributed by atoms with Crippen LogP contribution in [0.15, 0.2) is 152 Å². The second-order valence-electron chi connectivity index (χ2n) is 13.6. The van der Waals surface area contributed by atoms with Gasteiger partial charge in [-0.05, 0) is 165 Å². The van der Waals surface area contributed by atoms with E-state index >= 15 is 0 Å². The lowest BCUT2D eigenvalue weighted by Crippen LogP contribution is -1.92. The van der Waals surface area contributed by atoms with Gasteiger partial charge in [0.25, 0.3) is 0 Å². The standard InChI is InChI=1S/C48H40S/c1-6-9-12-34-24-35(16-15-30(34)4)31(5)19-40-26-42-28-46-41(27-45(42)43(40)8-3)23-33(7-2)44(46)22-32-20-36-17-18-38(25-39(36)21-32)48-29-37-13-10-11-14-47(37)49-48/h6-19,22,24-25,27-29H,1-3,20-21,23,26H2,4-5H3/b12-9-,31-19+,32-22+. The van der Waals surface area contributed by atoms with Crippen LogP contribution in [0.5, 0.6) is 0 Å². The third-order valence-electron chi connectivity index (χ3n) is 10.5. The summed E-state index contributed by atoms with van der Waals surface area (Å²) < 4.78 is 1.35. The molecule has 1 heteroatoms. The summed E-state index contributed by atoms with van der Waals surface area (Å²) in [7, 11) is 0. The molecule has 0 saturated heterocycles. The van der Waals surface area contributed by atoms with E-state index < -0.39 is 0 Å². The molecule has 0 bridgehead atoms. The average molecular weight is 649 g/mol. The fourth-order valence-electron chi connectivity index (χ4n) is 7.83. The topological polar surface area (TPSA) is 0 Å². The molecule has 0 nitrogen and oxygen atoms in total. The number of rotatable bonds is 8. The van der Waals surface area contributed by atoms with Gasteiger partial charge in [-0.1, -0.05) is 110 Å². The second kappa shape index (κ2) is 12.7. The minimum Gasteiger partial charge on any atom is -0.135 e. The van der Waals surface area contributed by atoms with Crippen LogP contribution in [-0.4, -0.2) is 0 Å². The first-order valence-electron chi connectivity index (χ1n) is 17.2. The number of benzene rings is 4. The second-order valence-corrected chi connectivity index (χ2v) is 14.7. The number of fused-ring (bicyclic) bond motifs is 4. The number of hydrogen-bond donors (Lipinski definition) is 0. The Morgan fingerprint density at radius 1 is 0.714 bits per heavy atom. The zero-order valence-corrected chi connectivity index (χ0v) is 29.2. The molecule has 3 aliphatic carbocycles. The van der Waals surface area contributed by atoms with Gasteiger partial charge < -0.3 is 0 Å². The van der Waals surface area contributed by atoms with Gasteiger partial charge in [-0.2, -0.15) is 0 Å². The average Bonchev–Trinajstić information content (AvgIpc) is 3.88. The van der Waals surface area contributed by atoms with Crippen molar-refractivity contribution in [3.05, 3.63) is 202 Å². The van der Waals surface area contributed by atoms with Crippen LogP contribution in [-0.2, 0) is 25.7 Å². The molecule has 238 valence electrons. The van der Waals surface area contributed by atoms with Crippen molar-refractivity contribution in [1.82, 2.24) is 0 Å². The molecule has 0 aliphatic heterocycles. The van der Waals surface area contributed by atoms with E-state index in [0.717, 1.165) is 25.7 Å². The summed E-state index contributed by atoms with van der Waals surface area (Å²) >= 11 is 1.88. The molecule has 0 saturated carbocycles. The van der Waals surface area contributed by atoms with Crippen molar-refractivity contribution in [3.8, 4) is 10.4 Å². The number of thiophene rings is 1. The molecule has 0 atom stereocenters. The first-order valence-corrected chi connectivity index (χ1v) is 18.0. The van der Waals surface area contributed by atoms with Crippen LogP contribution in [0.1, 0.15) is 57.0 Å². The van der Waals surface area contributed by atoms with Gasteiger partial charge in [0, 0.05) is 9.58 Å². The molecule has 0 amide bonds. The van der Waals surface area contributed by atoms with Crippen molar-refractivity contribution in [2.45, 2.75) is 39.5 Å². The lowest BCUT2D eigenvalue weighted by atomic mass is 9.95. The van der Waals surface area contributed by atoms with Crippen LogP contribution in [0.3, 0.4) is 0 Å². The summed E-state index contributed by atoms with van der Waals surface area (Å²) in [5, 5.41) is 1.32. The minimum atomic E-state index is 0.912. The summed E-state index contributed by atoms with van der Waals surface area (Å²) in [5.41, 5.74) is 21.4. The first kappa shape index (κ1) is 31.1. The predicted octanol–water partition coefficient (Wildman–Crippen LogP) is 12.9. The normalized spacial score (nSPS) is 16.2. The first-order chi connectivity index (χ1) is 23.9. The van der Waals surface area contributed by atoms with Crippen molar-refractivity contribution < 1.29 is 0 Å². The highest BCUT2D eigenvalue weighted by Crippen LogP contribution is 2.44. The van der Waals surface area contributed by atoms with E-state index in [4.69, 9.17) is 0 Å². The molecule has 5 aromatic rings. The summed E-state index contributed by atoms with van der Waals surface area (Å²) in [4.78, 5) is 1.35. The molecule has 1 aromatic heterocycles. The molecule has 3 aliphatic rings. The van der Waals surface area contributed by atoms with Gasteiger partial charge in [-0.15, -0.1) is 11.3 Å². The van der Waals surface area contributed by atoms with Gasteiger partial charge in [-0.25, -0.2) is 0 Å². The van der Waals surface area contributed by atoms with Crippen LogP contribution in [0, 0.1) is 6.92 Å². The molecule has 0 N–H and O–H groups in total. The third-order valence-corrected chi connectivity index (χ3v) is 11.6. The Hall–Kier alpha value is -5.24. The van der Waals surface area contributed by atoms with Crippen molar-refractivity contribution in [2.75, 3.05) is 0 Å².